The maximum atomic E-state index is 13.1. The van der Waals surface area contributed by atoms with E-state index >= 15 is 0 Å². The molecule has 0 aliphatic rings. The number of benzene rings is 3. The van der Waals surface area contributed by atoms with Gasteiger partial charge in [-0.1, -0.05) is 48.0 Å². The van der Waals surface area contributed by atoms with Crippen molar-refractivity contribution in [1.29, 1.82) is 0 Å². The van der Waals surface area contributed by atoms with E-state index in [2.05, 4.69) is 16.0 Å². The highest BCUT2D eigenvalue weighted by atomic mass is 35.5. The molecule has 0 saturated carbocycles. The lowest BCUT2D eigenvalue weighted by atomic mass is 10.3. The van der Waals surface area contributed by atoms with Crippen LogP contribution in [0.15, 0.2) is 94.9 Å². The van der Waals surface area contributed by atoms with Gasteiger partial charge in [-0.15, -0.1) is 5.10 Å². The number of hydrazine groups is 1. The summed E-state index contributed by atoms with van der Waals surface area (Å²) in [6.07, 6.45) is 0. The van der Waals surface area contributed by atoms with Gasteiger partial charge in [0, 0.05) is 5.02 Å². The standard InChI is InChI=1S/C21H17ClN4O3S/c22-15-11-13-16(14-12-15)23-24-20-19(27)21(25-26(20)17-7-3-1-4-8-17)30(28,29)18-9-5-2-6-10-18/h1-14,23-24,27H. The van der Waals surface area contributed by atoms with E-state index in [9.17, 15) is 13.5 Å². The minimum atomic E-state index is -4.04. The van der Waals surface area contributed by atoms with Crippen LogP contribution in [0.2, 0.25) is 5.02 Å². The van der Waals surface area contributed by atoms with Crippen LogP contribution in [-0.4, -0.2) is 23.3 Å². The Hall–Kier alpha value is -3.49. The topological polar surface area (TPSA) is 96.2 Å². The van der Waals surface area contributed by atoms with E-state index in [0.29, 0.717) is 16.4 Å². The molecule has 4 aromatic rings. The van der Waals surface area contributed by atoms with Crippen LogP contribution in [-0.2, 0) is 9.84 Å². The Morgan fingerprint density at radius 3 is 2.07 bits per heavy atom. The lowest BCUT2D eigenvalue weighted by Crippen LogP contribution is -2.13. The summed E-state index contributed by atoms with van der Waals surface area (Å²) in [7, 11) is -4.04. The predicted octanol–water partition coefficient (Wildman–Crippen LogP) is 4.50. The number of nitrogens with one attached hydrogen (secondary N) is 2. The van der Waals surface area contributed by atoms with Gasteiger partial charge < -0.3 is 5.11 Å². The number of aromatic nitrogens is 2. The summed E-state index contributed by atoms with van der Waals surface area (Å²) in [6, 6.07) is 23.6. The lowest BCUT2D eigenvalue weighted by molar-refractivity contribution is 0.460. The third kappa shape index (κ3) is 3.83. The number of para-hydroxylation sites is 1. The SMILES string of the molecule is O=S(=O)(c1ccccc1)c1nn(-c2ccccc2)c(NNc2ccc(Cl)cc2)c1O. The molecule has 0 saturated heterocycles. The maximum Gasteiger partial charge on any atom is 0.229 e. The molecule has 0 bridgehead atoms. The number of aromatic hydroxyl groups is 1. The highest BCUT2D eigenvalue weighted by Crippen LogP contribution is 2.36. The van der Waals surface area contributed by atoms with Gasteiger partial charge in [0.25, 0.3) is 0 Å². The second-order valence-electron chi connectivity index (χ2n) is 6.32. The summed E-state index contributed by atoms with van der Waals surface area (Å²) in [5, 5.41) is 15.1. The first-order valence-electron chi connectivity index (χ1n) is 8.92. The molecule has 7 nitrogen and oxygen atoms in total. The van der Waals surface area contributed by atoms with Crippen LogP contribution >= 0.6 is 11.6 Å². The molecular weight excluding hydrogens is 424 g/mol. The smallest absolute Gasteiger partial charge is 0.229 e. The molecule has 9 heteroatoms. The molecule has 1 heterocycles. The fourth-order valence-electron chi connectivity index (χ4n) is 2.81. The molecule has 0 atom stereocenters. The quantitative estimate of drug-likeness (QED) is 0.382. The Morgan fingerprint density at radius 2 is 1.43 bits per heavy atom. The van der Waals surface area contributed by atoms with Crippen molar-refractivity contribution in [3.05, 3.63) is 90.0 Å². The van der Waals surface area contributed by atoms with Gasteiger partial charge in [0.15, 0.2) is 11.6 Å². The maximum absolute atomic E-state index is 13.1. The van der Waals surface area contributed by atoms with Crippen LogP contribution in [0.1, 0.15) is 0 Å². The highest BCUT2D eigenvalue weighted by Gasteiger charge is 2.30. The third-order valence-electron chi connectivity index (χ3n) is 4.31. The van der Waals surface area contributed by atoms with Crippen molar-refractivity contribution in [3.63, 3.8) is 0 Å². The summed E-state index contributed by atoms with van der Waals surface area (Å²) < 4.78 is 27.5. The minimum Gasteiger partial charge on any atom is -0.502 e. The molecule has 0 radical (unpaired) electrons. The zero-order valence-electron chi connectivity index (χ0n) is 15.5. The number of sulfone groups is 1. The van der Waals surface area contributed by atoms with Gasteiger partial charge in [0.2, 0.25) is 14.9 Å². The van der Waals surface area contributed by atoms with Crippen molar-refractivity contribution in [2.45, 2.75) is 9.92 Å². The molecule has 0 spiro atoms. The molecule has 0 aliphatic carbocycles. The highest BCUT2D eigenvalue weighted by molar-refractivity contribution is 7.91. The zero-order chi connectivity index (χ0) is 21.1. The molecule has 4 rings (SSSR count). The van der Waals surface area contributed by atoms with Crippen LogP contribution in [0.4, 0.5) is 11.5 Å². The third-order valence-corrected chi connectivity index (χ3v) is 6.24. The van der Waals surface area contributed by atoms with Crippen molar-refractivity contribution < 1.29 is 13.5 Å². The first-order valence-corrected chi connectivity index (χ1v) is 10.8. The van der Waals surface area contributed by atoms with E-state index < -0.39 is 20.6 Å². The monoisotopic (exact) mass is 440 g/mol. The van der Waals surface area contributed by atoms with Crippen LogP contribution in [0, 0.1) is 0 Å². The Kier molecular flexibility index (Phi) is 5.35. The van der Waals surface area contributed by atoms with Crippen molar-refractivity contribution in [2.75, 3.05) is 10.9 Å². The number of anilines is 2. The van der Waals surface area contributed by atoms with E-state index in [4.69, 9.17) is 11.6 Å². The van der Waals surface area contributed by atoms with E-state index in [0.717, 1.165) is 0 Å². The van der Waals surface area contributed by atoms with Crippen molar-refractivity contribution in [2.24, 2.45) is 0 Å². The second-order valence-corrected chi connectivity index (χ2v) is 8.62. The molecule has 1 aromatic heterocycles. The van der Waals surface area contributed by atoms with Gasteiger partial charge in [0.1, 0.15) is 0 Å². The van der Waals surface area contributed by atoms with Gasteiger partial charge >= 0.3 is 0 Å². The van der Waals surface area contributed by atoms with Crippen LogP contribution < -0.4 is 10.9 Å². The summed E-state index contributed by atoms with van der Waals surface area (Å²) >= 11 is 5.90. The Morgan fingerprint density at radius 1 is 0.833 bits per heavy atom. The van der Waals surface area contributed by atoms with Crippen LogP contribution in [0.3, 0.4) is 0 Å². The van der Waals surface area contributed by atoms with Crippen molar-refractivity contribution in [3.8, 4) is 11.4 Å². The molecule has 152 valence electrons. The average molecular weight is 441 g/mol. The fraction of sp³-hybridized carbons (Fsp3) is 0. The summed E-state index contributed by atoms with van der Waals surface area (Å²) in [5.74, 6) is -0.421. The molecular formula is C21H17ClN4O3S. The van der Waals surface area contributed by atoms with Crippen LogP contribution in [0.5, 0.6) is 5.75 Å². The molecule has 0 aliphatic heterocycles. The Labute approximate surface area is 178 Å². The van der Waals surface area contributed by atoms with Gasteiger partial charge in [-0.25, -0.2) is 13.1 Å². The average Bonchev–Trinajstić information content (AvgIpc) is 3.11. The van der Waals surface area contributed by atoms with Gasteiger partial charge in [-0.05, 0) is 48.5 Å². The van der Waals surface area contributed by atoms with Crippen LogP contribution in [0.25, 0.3) is 5.69 Å². The molecule has 30 heavy (non-hydrogen) atoms. The molecule has 3 N–H and O–H groups in total. The largest absolute Gasteiger partial charge is 0.502 e. The molecule has 0 amide bonds. The number of nitrogens with zero attached hydrogens (tertiary/aromatic N) is 2. The second kappa shape index (κ2) is 8.10. The molecule has 3 aromatic carbocycles. The first kappa shape index (κ1) is 19.8. The minimum absolute atomic E-state index is 0.0372. The molecule has 0 unspecified atom stereocenters. The van der Waals surface area contributed by atoms with Crippen molar-refractivity contribution >= 4 is 32.9 Å². The summed E-state index contributed by atoms with van der Waals surface area (Å²) in [5.41, 5.74) is 7.00. The first-order chi connectivity index (χ1) is 14.5. The normalized spacial score (nSPS) is 11.2. The van der Waals surface area contributed by atoms with Gasteiger partial charge in [-0.2, -0.15) is 0 Å². The number of rotatable bonds is 6. The van der Waals surface area contributed by atoms with E-state index in [1.54, 1.807) is 66.7 Å². The number of halogens is 1. The zero-order valence-corrected chi connectivity index (χ0v) is 17.1. The predicted molar refractivity (Wildman–Crippen MR) is 116 cm³/mol. The van der Waals surface area contributed by atoms with E-state index in [1.165, 1.54) is 16.8 Å². The Bertz CT molecular complexity index is 1260. The lowest BCUT2D eigenvalue weighted by Gasteiger charge is -2.12. The number of hydrogen-bond acceptors (Lipinski definition) is 6. The van der Waals surface area contributed by atoms with E-state index in [1.807, 2.05) is 6.07 Å². The fourth-order valence-corrected chi connectivity index (χ4v) is 4.22. The Balaban J connectivity index is 1.79. The van der Waals surface area contributed by atoms with Crippen molar-refractivity contribution in [1.82, 2.24) is 9.78 Å². The molecule has 0 fully saturated rings. The van der Waals surface area contributed by atoms with Gasteiger partial charge in [-0.3, -0.25) is 10.9 Å². The number of hydrogen-bond donors (Lipinski definition) is 3. The van der Waals surface area contributed by atoms with E-state index in [-0.39, 0.29) is 10.7 Å². The van der Waals surface area contributed by atoms with Gasteiger partial charge in [0.05, 0.1) is 16.3 Å². The summed E-state index contributed by atoms with van der Waals surface area (Å²) in [6.45, 7) is 0. The summed E-state index contributed by atoms with van der Waals surface area (Å²) in [4.78, 5) is 0.0372.